The number of rotatable bonds is 8. The summed E-state index contributed by atoms with van der Waals surface area (Å²) in [6.07, 6.45) is -1.08. The molecule has 0 aromatic heterocycles. The van der Waals surface area contributed by atoms with Crippen LogP contribution in [0.5, 0.6) is 0 Å². The van der Waals surface area contributed by atoms with Crippen molar-refractivity contribution < 1.29 is 18.0 Å². The van der Waals surface area contributed by atoms with Crippen molar-refractivity contribution >= 4 is 11.6 Å². The van der Waals surface area contributed by atoms with Crippen molar-refractivity contribution in [1.29, 1.82) is 0 Å². The fourth-order valence-corrected chi connectivity index (χ4v) is 3.74. The van der Waals surface area contributed by atoms with E-state index in [0.29, 0.717) is 24.2 Å². The molecular formula is C22H34F3N3O. The standard InChI is InChI=1S/C22H34F3N3O/c1-15(2)20(27-19-7-5-18(6-8-19)22(23,24)25)21(29)26-12-9-17-10-13-28(14-11-17)16(3)4/h5-8,15-17,20,27H,9-14H2,1-4H3,(H,26,29)/t20-/m1/s1. The summed E-state index contributed by atoms with van der Waals surface area (Å²) >= 11 is 0. The van der Waals surface area contributed by atoms with E-state index in [2.05, 4.69) is 29.4 Å². The number of likely N-dealkylation sites (tertiary alicyclic amines) is 1. The van der Waals surface area contributed by atoms with Crippen LogP contribution in [0.2, 0.25) is 0 Å². The molecule has 0 unspecified atom stereocenters. The van der Waals surface area contributed by atoms with Crippen molar-refractivity contribution in [3.63, 3.8) is 0 Å². The van der Waals surface area contributed by atoms with E-state index in [1.165, 1.54) is 12.1 Å². The Morgan fingerprint density at radius 2 is 1.69 bits per heavy atom. The van der Waals surface area contributed by atoms with Gasteiger partial charge in [-0.15, -0.1) is 0 Å². The lowest BCUT2D eigenvalue weighted by molar-refractivity contribution is -0.137. The SMILES string of the molecule is CC(C)[C@@H](Nc1ccc(C(F)(F)F)cc1)C(=O)NCCC1CCN(C(C)C)CC1. The monoisotopic (exact) mass is 413 g/mol. The zero-order valence-electron chi connectivity index (χ0n) is 17.9. The van der Waals surface area contributed by atoms with Crippen LogP contribution in [0.25, 0.3) is 0 Å². The normalized spacial score (nSPS) is 17.6. The molecule has 1 aromatic carbocycles. The Balaban J connectivity index is 1.82. The van der Waals surface area contributed by atoms with Gasteiger partial charge in [-0.1, -0.05) is 13.8 Å². The molecule has 7 heteroatoms. The Labute approximate surface area is 172 Å². The fraction of sp³-hybridized carbons (Fsp3) is 0.682. The largest absolute Gasteiger partial charge is 0.416 e. The summed E-state index contributed by atoms with van der Waals surface area (Å²) in [4.78, 5) is 15.1. The Kier molecular flexibility index (Phi) is 8.37. The number of hydrogen-bond acceptors (Lipinski definition) is 3. The van der Waals surface area contributed by atoms with Crippen LogP contribution in [-0.2, 0) is 11.0 Å². The molecule has 1 aliphatic heterocycles. The minimum Gasteiger partial charge on any atom is -0.373 e. The van der Waals surface area contributed by atoms with E-state index in [0.717, 1.165) is 44.5 Å². The van der Waals surface area contributed by atoms with Gasteiger partial charge in [-0.2, -0.15) is 13.2 Å². The Bertz CT molecular complexity index is 636. The minimum absolute atomic E-state index is 0.00609. The highest BCUT2D eigenvalue weighted by Crippen LogP contribution is 2.30. The van der Waals surface area contributed by atoms with Crippen molar-refractivity contribution in [3.05, 3.63) is 29.8 Å². The van der Waals surface area contributed by atoms with Gasteiger partial charge in [-0.3, -0.25) is 4.79 Å². The van der Waals surface area contributed by atoms with Gasteiger partial charge in [-0.05, 0) is 82.3 Å². The second-order valence-electron chi connectivity index (χ2n) is 8.59. The maximum absolute atomic E-state index is 12.7. The molecular weight excluding hydrogens is 379 g/mol. The molecule has 1 aromatic rings. The van der Waals surface area contributed by atoms with E-state index < -0.39 is 17.8 Å². The molecule has 1 aliphatic rings. The number of carbonyl (C=O) groups excluding carboxylic acids is 1. The van der Waals surface area contributed by atoms with Gasteiger partial charge in [0.2, 0.25) is 5.91 Å². The lowest BCUT2D eigenvalue weighted by Crippen LogP contribution is -2.44. The van der Waals surface area contributed by atoms with Crippen molar-refractivity contribution in [2.75, 3.05) is 25.0 Å². The van der Waals surface area contributed by atoms with E-state index >= 15 is 0 Å². The molecule has 4 nitrogen and oxygen atoms in total. The highest BCUT2D eigenvalue weighted by atomic mass is 19.4. The second kappa shape index (κ2) is 10.3. The third kappa shape index (κ3) is 7.21. The third-order valence-corrected chi connectivity index (χ3v) is 5.71. The first-order chi connectivity index (χ1) is 13.6. The van der Waals surface area contributed by atoms with Crippen LogP contribution in [0.3, 0.4) is 0 Å². The fourth-order valence-electron chi connectivity index (χ4n) is 3.74. The summed E-state index contributed by atoms with van der Waals surface area (Å²) in [6, 6.07) is 4.89. The number of nitrogens with zero attached hydrogens (tertiary/aromatic N) is 1. The first-order valence-corrected chi connectivity index (χ1v) is 10.5. The molecule has 2 N–H and O–H groups in total. The number of alkyl halides is 3. The molecule has 0 radical (unpaired) electrons. The van der Waals surface area contributed by atoms with E-state index in [1.54, 1.807) is 0 Å². The Hall–Kier alpha value is -1.76. The zero-order valence-corrected chi connectivity index (χ0v) is 17.9. The number of anilines is 1. The van der Waals surface area contributed by atoms with Crippen LogP contribution >= 0.6 is 0 Å². The highest BCUT2D eigenvalue weighted by molar-refractivity contribution is 5.84. The van der Waals surface area contributed by atoms with Gasteiger partial charge < -0.3 is 15.5 Å². The summed E-state index contributed by atoms with van der Waals surface area (Å²) in [6.45, 7) is 11.1. The topological polar surface area (TPSA) is 44.4 Å². The van der Waals surface area contributed by atoms with Crippen LogP contribution in [0.1, 0.15) is 52.5 Å². The lowest BCUT2D eigenvalue weighted by Gasteiger charge is -2.34. The summed E-state index contributed by atoms with van der Waals surface area (Å²) in [5.74, 6) is 0.525. The maximum Gasteiger partial charge on any atom is 0.416 e. The summed E-state index contributed by atoms with van der Waals surface area (Å²) in [5, 5.41) is 6.08. The molecule has 1 fully saturated rings. The van der Waals surface area contributed by atoms with Gasteiger partial charge in [0.25, 0.3) is 0 Å². The quantitative estimate of drug-likeness (QED) is 0.645. The Morgan fingerprint density at radius 3 is 2.17 bits per heavy atom. The van der Waals surface area contributed by atoms with E-state index in [9.17, 15) is 18.0 Å². The van der Waals surface area contributed by atoms with Crippen LogP contribution in [0.4, 0.5) is 18.9 Å². The van der Waals surface area contributed by atoms with Gasteiger partial charge in [0.05, 0.1) is 5.56 Å². The van der Waals surface area contributed by atoms with Gasteiger partial charge in [0.1, 0.15) is 6.04 Å². The first-order valence-electron chi connectivity index (χ1n) is 10.5. The number of halogens is 3. The summed E-state index contributed by atoms with van der Waals surface area (Å²) in [5.41, 5.74) is -0.190. The molecule has 2 rings (SSSR count). The maximum atomic E-state index is 12.7. The number of piperidine rings is 1. The van der Waals surface area contributed by atoms with E-state index in [4.69, 9.17) is 0 Å². The zero-order chi connectivity index (χ0) is 21.6. The van der Waals surface area contributed by atoms with Crippen molar-refractivity contribution in [1.82, 2.24) is 10.2 Å². The third-order valence-electron chi connectivity index (χ3n) is 5.71. The van der Waals surface area contributed by atoms with Gasteiger partial charge in [-0.25, -0.2) is 0 Å². The molecule has 1 amide bonds. The van der Waals surface area contributed by atoms with Gasteiger partial charge in [0.15, 0.2) is 0 Å². The molecule has 0 aliphatic carbocycles. The number of benzene rings is 1. The molecule has 1 atom stereocenters. The molecule has 0 spiro atoms. The van der Waals surface area contributed by atoms with Crippen LogP contribution < -0.4 is 10.6 Å². The number of nitrogens with one attached hydrogen (secondary N) is 2. The molecule has 29 heavy (non-hydrogen) atoms. The summed E-state index contributed by atoms with van der Waals surface area (Å²) in [7, 11) is 0. The minimum atomic E-state index is -4.36. The number of amides is 1. The van der Waals surface area contributed by atoms with Gasteiger partial charge >= 0.3 is 6.18 Å². The van der Waals surface area contributed by atoms with Crippen molar-refractivity contribution in [2.24, 2.45) is 11.8 Å². The average Bonchev–Trinajstić information content (AvgIpc) is 2.65. The lowest BCUT2D eigenvalue weighted by atomic mass is 9.93. The van der Waals surface area contributed by atoms with Crippen molar-refractivity contribution in [3.8, 4) is 0 Å². The second-order valence-corrected chi connectivity index (χ2v) is 8.59. The van der Waals surface area contributed by atoms with E-state index in [1.807, 2.05) is 13.8 Å². The smallest absolute Gasteiger partial charge is 0.373 e. The van der Waals surface area contributed by atoms with Crippen LogP contribution in [0, 0.1) is 11.8 Å². The number of carbonyl (C=O) groups is 1. The average molecular weight is 414 g/mol. The number of hydrogen-bond donors (Lipinski definition) is 2. The molecule has 1 saturated heterocycles. The Morgan fingerprint density at radius 1 is 1.10 bits per heavy atom. The predicted molar refractivity (Wildman–Crippen MR) is 111 cm³/mol. The molecule has 164 valence electrons. The molecule has 0 saturated carbocycles. The molecule has 0 bridgehead atoms. The molecule has 1 heterocycles. The van der Waals surface area contributed by atoms with E-state index in [-0.39, 0.29) is 11.8 Å². The first kappa shape index (κ1) is 23.5. The van der Waals surface area contributed by atoms with Crippen molar-refractivity contribution in [2.45, 2.75) is 65.2 Å². The van der Waals surface area contributed by atoms with Gasteiger partial charge in [0, 0.05) is 18.3 Å². The predicted octanol–water partition coefficient (Wildman–Crippen LogP) is 4.77. The van der Waals surface area contributed by atoms with Crippen LogP contribution in [-0.4, -0.2) is 42.5 Å². The van der Waals surface area contributed by atoms with Crippen LogP contribution in [0.15, 0.2) is 24.3 Å². The summed E-state index contributed by atoms with van der Waals surface area (Å²) < 4.78 is 38.1. The highest BCUT2D eigenvalue weighted by Gasteiger charge is 2.30.